The molecule has 31 heavy (non-hydrogen) atoms. The summed E-state index contributed by atoms with van der Waals surface area (Å²) in [6.45, 7) is 0. The van der Waals surface area contributed by atoms with Crippen LogP contribution in [-0.2, 0) is 6.18 Å². The van der Waals surface area contributed by atoms with Crippen molar-refractivity contribution in [3.63, 3.8) is 0 Å². The Balaban J connectivity index is 1.37. The monoisotopic (exact) mass is 434 g/mol. The summed E-state index contributed by atoms with van der Waals surface area (Å²) >= 11 is 0. The van der Waals surface area contributed by atoms with E-state index < -0.39 is 17.9 Å². The number of nitrogens with one attached hydrogen (secondary N) is 2. The third kappa shape index (κ3) is 5.13. The van der Waals surface area contributed by atoms with E-state index in [9.17, 15) is 18.0 Å². The number of alkyl halides is 3. The number of pyridine rings is 1. The number of nitrogens with zero attached hydrogens (tertiary/aromatic N) is 5. The molecule has 2 atom stereocenters. The molecule has 1 aliphatic carbocycles. The van der Waals surface area contributed by atoms with Gasteiger partial charge in [0.15, 0.2) is 6.04 Å². The molecule has 3 heterocycles. The maximum atomic E-state index is 12.7. The second-order valence-electron chi connectivity index (χ2n) is 7.24. The Morgan fingerprint density at radius 1 is 1.19 bits per heavy atom. The van der Waals surface area contributed by atoms with Crippen molar-refractivity contribution in [2.75, 3.05) is 10.6 Å². The Morgan fingerprint density at radius 3 is 2.77 bits per heavy atom. The van der Waals surface area contributed by atoms with Crippen molar-refractivity contribution in [1.82, 2.24) is 20.2 Å². The van der Waals surface area contributed by atoms with Gasteiger partial charge >= 0.3 is 18.1 Å². The number of hydrogen-bond acceptors (Lipinski definition) is 6. The number of urea groups is 1. The van der Waals surface area contributed by atoms with Gasteiger partial charge in [0.1, 0.15) is 12.0 Å². The van der Waals surface area contributed by atoms with E-state index >= 15 is 0 Å². The summed E-state index contributed by atoms with van der Waals surface area (Å²) in [6.07, 6.45) is 6.81. The average molecular weight is 434 g/mol. The lowest BCUT2D eigenvalue weighted by atomic mass is 9.82. The fraction of sp³-hybridized carbons (Fsp3) is 0.368. The van der Waals surface area contributed by atoms with Crippen LogP contribution in [0.1, 0.15) is 48.9 Å². The molecule has 12 heteroatoms. The molecule has 4 rings (SSSR count). The molecular weight excluding hydrogens is 415 g/mol. The van der Waals surface area contributed by atoms with Gasteiger partial charge in [0, 0.05) is 37.1 Å². The van der Waals surface area contributed by atoms with Gasteiger partial charge in [-0.3, -0.25) is 14.8 Å². The summed E-state index contributed by atoms with van der Waals surface area (Å²) in [5.74, 6) is 0.381. The van der Waals surface area contributed by atoms with E-state index in [0.717, 1.165) is 43.5 Å². The molecule has 0 bridgehead atoms. The van der Waals surface area contributed by atoms with Gasteiger partial charge in [0.05, 0.1) is 0 Å². The Kier molecular flexibility index (Phi) is 5.78. The van der Waals surface area contributed by atoms with Gasteiger partial charge in [0.25, 0.3) is 6.20 Å². The van der Waals surface area contributed by atoms with Crippen LogP contribution in [-0.4, -0.2) is 26.3 Å². The lowest BCUT2D eigenvalue weighted by Gasteiger charge is -2.23. The van der Waals surface area contributed by atoms with Crippen LogP contribution in [0.5, 0.6) is 0 Å². The molecule has 9 nitrogen and oxygen atoms in total. The predicted octanol–water partition coefficient (Wildman–Crippen LogP) is 3.71. The van der Waals surface area contributed by atoms with E-state index in [1.807, 2.05) is 12.4 Å². The lowest BCUT2D eigenvalue weighted by Crippen LogP contribution is -2.42. The SMILES string of the molecule is O=C(Nc1ccnc(C(F)(F)F)c1)Nc1c[n+]([C@@H]2CCC[C@@H](c3cncnc3)C2)no1. The molecule has 0 spiro atoms. The first-order chi connectivity index (χ1) is 14.9. The fourth-order valence-electron chi connectivity index (χ4n) is 3.65. The Morgan fingerprint density at radius 2 is 2.00 bits per heavy atom. The van der Waals surface area contributed by atoms with E-state index in [0.29, 0.717) is 5.92 Å². The highest BCUT2D eigenvalue weighted by atomic mass is 19.4. The number of hydrogen-bond donors (Lipinski definition) is 2. The Hall–Kier alpha value is -3.57. The molecule has 1 saturated carbocycles. The number of amides is 2. The van der Waals surface area contributed by atoms with Crippen molar-refractivity contribution in [3.05, 3.63) is 54.5 Å². The van der Waals surface area contributed by atoms with Crippen LogP contribution in [0.2, 0.25) is 0 Å². The third-order valence-electron chi connectivity index (χ3n) is 5.10. The van der Waals surface area contributed by atoms with E-state index in [-0.39, 0.29) is 17.6 Å². The molecule has 1 aliphatic rings. The zero-order valence-electron chi connectivity index (χ0n) is 16.2. The highest BCUT2D eigenvalue weighted by molar-refractivity contribution is 5.98. The fourth-order valence-corrected chi connectivity index (χ4v) is 3.65. The van der Waals surface area contributed by atoms with Crippen molar-refractivity contribution in [2.24, 2.45) is 0 Å². The first-order valence-electron chi connectivity index (χ1n) is 9.63. The molecular formula is C19H19F3N7O2+. The number of aromatic nitrogens is 5. The number of carbonyl (C=O) groups is 1. The zero-order valence-corrected chi connectivity index (χ0v) is 16.2. The average Bonchev–Trinajstić information content (AvgIpc) is 3.22. The molecule has 0 aromatic carbocycles. The van der Waals surface area contributed by atoms with Gasteiger partial charge in [-0.15, -0.1) is 0 Å². The van der Waals surface area contributed by atoms with Crippen molar-refractivity contribution >= 4 is 17.6 Å². The van der Waals surface area contributed by atoms with Gasteiger partial charge in [0.2, 0.25) is 5.27 Å². The number of anilines is 2. The second-order valence-corrected chi connectivity index (χ2v) is 7.24. The van der Waals surface area contributed by atoms with Crippen molar-refractivity contribution in [2.45, 2.75) is 43.8 Å². The number of halogens is 3. The van der Waals surface area contributed by atoms with Crippen molar-refractivity contribution in [3.8, 4) is 0 Å². The highest BCUT2D eigenvalue weighted by Crippen LogP contribution is 2.35. The first kappa shape index (κ1) is 20.7. The van der Waals surface area contributed by atoms with Crippen molar-refractivity contribution < 1.29 is 27.2 Å². The lowest BCUT2D eigenvalue weighted by molar-refractivity contribution is -0.787. The first-order valence-corrected chi connectivity index (χ1v) is 9.63. The minimum atomic E-state index is -4.60. The zero-order chi connectivity index (χ0) is 21.8. The summed E-state index contributed by atoms with van der Waals surface area (Å²) in [6, 6.07) is 1.32. The molecule has 0 unspecified atom stereocenters. The largest absolute Gasteiger partial charge is 0.433 e. The standard InChI is InChI=1S/C19H18F3N7O2/c20-19(21,22)16-7-14(4-5-25-16)26-18(30)27-17-10-29(28-31-17)15-3-1-2-12(6-15)13-8-23-11-24-9-13/h4-5,7-12,15H,1-3,6H2,(H-,25,26,27,28,30)/p+1/t12-,15-/m1/s1. The van der Waals surface area contributed by atoms with Gasteiger partial charge in [-0.2, -0.15) is 13.2 Å². The Bertz CT molecular complexity index is 1040. The molecule has 2 N–H and O–H groups in total. The van der Waals surface area contributed by atoms with Gasteiger partial charge in [-0.25, -0.2) is 14.8 Å². The van der Waals surface area contributed by atoms with Crippen LogP contribution in [0.15, 0.2) is 47.8 Å². The van der Waals surface area contributed by atoms with Crippen molar-refractivity contribution in [1.29, 1.82) is 0 Å². The number of carbonyl (C=O) groups excluding carboxylic acids is 1. The maximum absolute atomic E-state index is 12.7. The molecule has 162 valence electrons. The minimum absolute atomic E-state index is 0.0487. The topological polar surface area (TPSA) is 110 Å². The second kappa shape index (κ2) is 8.66. The molecule has 0 radical (unpaired) electrons. The van der Waals surface area contributed by atoms with E-state index in [1.54, 1.807) is 10.9 Å². The molecule has 3 aromatic heterocycles. The van der Waals surface area contributed by atoms with Gasteiger partial charge in [-0.05, 0) is 41.1 Å². The summed E-state index contributed by atoms with van der Waals surface area (Å²) in [5, 5.41) is 8.73. The molecule has 3 aromatic rings. The van der Waals surface area contributed by atoms with Crippen LogP contribution in [0.4, 0.5) is 29.5 Å². The van der Waals surface area contributed by atoms with Crippen LogP contribution >= 0.6 is 0 Å². The van der Waals surface area contributed by atoms with Crippen LogP contribution < -0.4 is 15.3 Å². The summed E-state index contributed by atoms with van der Waals surface area (Å²) in [5.41, 5.74) is -0.0736. The van der Waals surface area contributed by atoms with E-state index in [2.05, 4.69) is 30.9 Å². The van der Waals surface area contributed by atoms with Gasteiger partial charge < -0.3 is 5.32 Å². The van der Waals surface area contributed by atoms with Crippen LogP contribution in [0, 0.1) is 0 Å². The van der Waals surface area contributed by atoms with E-state index in [4.69, 9.17) is 4.52 Å². The summed E-state index contributed by atoms with van der Waals surface area (Å²) < 4.78 is 45.1. The molecule has 0 saturated heterocycles. The molecule has 0 aliphatic heterocycles. The smallest absolute Gasteiger partial charge is 0.308 e. The van der Waals surface area contributed by atoms with Crippen LogP contribution in [0.3, 0.4) is 0 Å². The normalized spacial score (nSPS) is 19.1. The van der Waals surface area contributed by atoms with E-state index in [1.165, 1.54) is 12.4 Å². The third-order valence-corrected chi connectivity index (χ3v) is 5.10. The predicted molar refractivity (Wildman–Crippen MR) is 101 cm³/mol. The minimum Gasteiger partial charge on any atom is -0.308 e. The highest BCUT2D eigenvalue weighted by Gasteiger charge is 2.33. The molecule has 1 fully saturated rings. The Labute approximate surface area is 174 Å². The summed E-state index contributed by atoms with van der Waals surface area (Å²) in [7, 11) is 0. The van der Waals surface area contributed by atoms with Gasteiger partial charge in [-0.1, -0.05) is 0 Å². The summed E-state index contributed by atoms with van der Waals surface area (Å²) in [4.78, 5) is 23.5. The molecule has 2 amide bonds. The quantitative estimate of drug-likeness (QED) is 0.606. The maximum Gasteiger partial charge on any atom is 0.433 e. The number of rotatable bonds is 4. The van der Waals surface area contributed by atoms with Crippen LogP contribution in [0.25, 0.3) is 0 Å².